The highest BCUT2D eigenvalue weighted by Crippen LogP contribution is 2.31. The van der Waals surface area contributed by atoms with Gasteiger partial charge in [0.1, 0.15) is 18.3 Å². The minimum Gasteiger partial charge on any atom is -0.495 e. The molecule has 0 aliphatic heterocycles. The summed E-state index contributed by atoms with van der Waals surface area (Å²) in [5.41, 5.74) is 1.94. The summed E-state index contributed by atoms with van der Waals surface area (Å²) in [5, 5.41) is 2.91. The molecule has 0 fully saturated rings. The molecule has 0 saturated carbocycles. The van der Waals surface area contributed by atoms with Gasteiger partial charge in [-0.05, 0) is 42.5 Å². The summed E-state index contributed by atoms with van der Waals surface area (Å²) in [6.07, 6.45) is 1.44. The average Bonchev–Trinajstić information content (AvgIpc) is 2.80. The first-order valence-electron chi connectivity index (χ1n) is 11.7. The Morgan fingerprint density at radius 2 is 1.74 bits per heavy atom. The Bertz CT molecular complexity index is 1100. The number of nitrogens with one attached hydrogen (secondary N) is 1. The van der Waals surface area contributed by atoms with Gasteiger partial charge in [0.25, 0.3) is 0 Å². The quantitative estimate of drug-likeness (QED) is 0.479. The van der Waals surface area contributed by atoms with Gasteiger partial charge in [0.15, 0.2) is 0 Å². The number of sulfonamides is 1. The maximum absolute atomic E-state index is 13.7. The topological polar surface area (TPSA) is 96.0 Å². The normalized spacial score (nSPS) is 12.2. The fourth-order valence-electron chi connectivity index (χ4n) is 3.71. The standard InChI is InChI=1S/C26H37N3O5S/c1-7-22(26(31)27-16-19(2)3)28(17-21-11-9-8-10-12-21)25(30)18-29(35(6,32)33)23-15-20(4)13-14-24(23)34-5/h8-15,19,22H,7,16-18H2,1-6H3,(H,27,31)/t22-/m0/s1. The Kier molecular flexibility index (Phi) is 10.1. The van der Waals surface area contributed by atoms with E-state index < -0.39 is 28.5 Å². The summed E-state index contributed by atoms with van der Waals surface area (Å²) in [4.78, 5) is 28.2. The molecule has 0 radical (unpaired) electrons. The smallest absolute Gasteiger partial charge is 0.244 e. The van der Waals surface area contributed by atoms with Gasteiger partial charge in [-0.1, -0.05) is 57.2 Å². The third kappa shape index (κ3) is 7.99. The van der Waals surface area contributed by atoms with Gasteiger partial charge in [0, 0.05) is 13.1 Å². The number of ether oxygens (including phenoxy) is 1. The summed E-state index contributed by atoms with van der Waals surface area (Å²) >= 11 is 0. The molecule has 0 aromatic heterocycles. The number of hydrogen-bond acceptors (Lipinski definition) is 5. The first-order valence-corrected chi connectivity index (χ1v) is 13.6. The largest absolute Gasteiger partial charge is 0.495 e. The molecule has 0 saturated heterocycles. The van der Waals surface area contributed by atoms with Crippen molar-refractivity contribution in [1.29, 1.82) is 0 Å². The summed E-state index contributed by atoms with van der Waals surface area (Å²) in [6.45, 7) is 7.86. The lowest BCUT2D eigenvalue weighted by Crippen LogP contribution is -2.52. The Balaban J connectivity index is 2.46. The van der Waals surface area contributed by atoms with E-state index in [0.29, 0.717) is 18.7 Å². The van der Waals surface area contributed by atoms with Crippen LogP contribution in [0.15, 0.2) is 48.5 Å². The lowest BCUT2D eigenvalue weighted by molar-refractivity contribution is -0.140. The van der Waals surface area contributed by atoms with Crippen LogP contribution in [-0.4, -0.2) is 57.6 Å². The third-order valence-electron chi connectivity index (χ3n) is 5.55. The SMILES string of the molecule is CC[C@@H](C(=O)NCC(C)C)N(Cc1ccccc1)C(=O)CN(c1cc(C)ccc1OC)S(C)(=O)=O. The summed E-state index contributed by atoms with van der Waals surface area (Å²) < 4.78 is 32.0. The van der Waals surface area contributed by atoms with Crippen molar-refractivity contribution in [3.63, 3.8) is 0 Å². The first-order chi connectivity index (χ1) is 16.5. The van der Waals surface area contributed by atoms with E-state index in [-0.39, 0.29) is 24.1 Å². The Hall–Kier alpha value is -3.07. The first kappa shape index (κ1) is 28.2. The monoisotopic (exact) mass is 503 g/mol. The second-order valence-corrected chi connectivity index (χ2v) is 10.9. The number of carbonyl (C=O) groups is 2. The number of nitrogens with zero attached hydrogens (tertiary/aromatic N) is 2. The number of carbonyl (C=O) groups excluding carboxylic acids is 2. The van der Waals surface area contributed by atoms with E-state index >= 15 is 0 Å². The molecule has 2 amide bonds. The van der Waals surface area contributed by atoms with Gasteiger partial charge in [-0.15, -0.1) is 0 Å². The van der Waals surface area contributed by atoms with Crippen molar-refractivity contribution in [2.75, 3.05) is 30.8 Å². The molecular formula is C26H37N3O5S. The average molecular weight is 504 g/mol. The number of hydrogen-bond donors (Lipinski definition) is 1. The van der Waals surface area contributed by atoms with Crippen LogP contribution in [0.1, 0.15) is 38.3 Å². The maximum atomic E-state index is 13.7. The zero-order chi connectivity index (χ0) is 26.2. The third-order valence-corrected chi connectivity index (χ3v) is 6.67. The van der Waals surface area contributed by atoms with Crippen LogP contribution in [0.2, 0.25) is 0 Å². The van der Waals surface area contributed by atoms with Gasteiger partial charge in [0.2, 0.25) is 21.8 Å². The van der Waals surface area contributed by atoms with Crippen molar-refractivity contribution < 1.29 is 22.7 Å². The Morgan fingerprint density at radius 1 is 1.09 bits per heavy atom. The summed E-state index contributed by atoms with van der Waals surface area (Å²) in [6, 6.07) is 13.7. The lowest BCUT2D eigenvalue weighted by atomic mass is 10.1. The number of aryl methyl sites for hydroxylation is 1. The summed E-state index contributed by atoms with van der Waals surface area (Å²) in [7, 11) is -2.39. The predicted molar refractivity (Wildman–Crippen MR) is 139 cm³/mol. The number of amides is 2. The van der Waals surface area contributed by atoms with Crippen LogP contribution in [-0.2, 0) is 26.2 Å². The molecule has 0 unspecified atom stereocenters. The molecule has 192 valence electrons. The van der Waals surface area contributed by atoms with Crippen molar-refractivity contribution in [2.24, 2.45) is 5.92 Å². The van der Waals surface area contributed by atoms with E-state index in [1.807, 2.05) is 58.0 Å². The highest BCUT2D eigenvalue weighted by atomic mass is 32.2. The van der Waals surface area contributed by atoms with E-state index in [4.69, 9.17) is 4.74 Å². The highest BCUT2D eigenvalue weighted by molar-refractivity contribution is 7.92. The fourth-order valence-corrected chi connectivity index (χ4v) is 4.56. The molecule has 1 atom stereocenters. The van der Waals surface area contributed by atoms with Gasteiger partial charge in [-0.25, -0.2) is 8.42 Å². The second-order valence-electron chi connectivity index (χ2n) is 9.02. The van der Waals surface area contributed by atoms with Crippen molar-refractivity contribution in [2.45, 2.75) is 46.7 Å². The van der Waals surface area contributed by atoms with Crippen LogP contribution in [0.25, 0.3) is 0 Å². The van der Waals surface area contributed by atoms with Crippen molar-refractivity contribution >= 4 is 27.5 Å². The van der Waals surface area contributed by atoms with Crippen LogP contribution in [0.4, 0.5) is 5.69 Å². The van der Waals surface area contributed by atoms with Crippen LogP contribution in [0.3, 0.4) is 0 Å². The molecule has 0 heterocycles. The van der Waals surface area contributed by atoms with Crippen LogP contribution in [0, 0.1) is 12.8 Å². The van der Waals surface area contributed by atoms with E-state index in [1.54, 1.807) is 18.2 Å². The van der Waals surface area contributed by atoms with Crippen molar-refractivity contribution in [1.82, 2.24) is 10.2 Å². The van der Waals surface area contributed by atoms with E-state index in [9.17, 15) is 18.0 Å². The molecule has 0 spiro atoms. The minimum atomic E-state index is -3.84. The molecule has 0 bridgehead atoms. The van der Waals surface area contributed by atoms with Crippen LogP contribution in [0.5, 0.6) is 5.75 Å². The maximum Gasteiger partial charge on any atom is 0.244 e. The molecule has 8 nitrogen and oxygen atoms in total. The Labute approximate surface area is 209 Å². The lowest BCUT2D eigenvalue weighted by Gasteiger charge is -2.33. The van der Waals surface area contributed by atoms with Gasteiger partial charge in [-0.2, -0.15) is 0 Å². The van der Waals surface area contributed by atoms with Crippen LogP contribution >= 0.6 is 0 Å². The highest BCUT2D eigenvalue weighted by Gasteiger charge is 2.32. The van der Waals surface area contributed by atoms with Crippen molar-refractivity contribution in [3.05, 3.63) is 59.7 Å². The molecule has 2 aromatic rings. The Morgan fingerprint density at radius 3 is 2.29 bits per heavy atom. The molecule has 2 aromatic carbocycles. The molecule has 0 aliphatic carbocycles. The number of anilines is 1. The molecule has 1 N–H and O–H groups in total. The minimum absolute atomic E-state index is 0.176. The number of rotatable bonds is 12. The zero-order valence-electron chi connectivity index (χ0n) is 21.4. The molecule has 0 aliphatic rings. The van der Waals surface area contributed by atoms with E-state index in [2.05, 4.69) is 5.32 Å². The van der Waals surface area contributed by atoms with E-state index in [0.717, 1.165) is 21.7 Å². The predicted octanol–water partition coefficient (Wildman–Crippen LogP) is 3.35. The molecule has 35 heavy (non-hydrogen) atoms. The van der Waals surface area contributed by atoms with Crippen LogP contribution < -0.4 is 14.4 Å². The zero-order valence-corrected chi connectivity index (χ0v) is 22.3. The van der Waals surface area contributed by atoms with Gasteiger partial charge >= 0.3 is 0 Å². The second kappa shape index (κ2) is 12.6. The van der Waals surface area contributed by atoms with Crippen molar-refractivity contribution in [3.8, 4) is 5.75 Å². The fraction of sp³-hybridized carbons (Fsp3) is 0.462. The molecule has 2 rings (SSSR count). The van der Waals surface area contributed by atoms with Gasteiger partial charge < -0.3 is 15.0 Å². The van der Waals surface area contributed by atoms with E-state index in [1.165, 1.54) is 12.0 Å². The van der Waals surface area contributed by atoms with Gasteiger partial charge in [0.05, 0.1) is 19.1 Å². The molecular weight excluding hydrogens is 466 g/mol. The summed E-state index contributed by atoms with van der Waals surface area (Å²) in [5.74, 6) is -0.145. The number of methoxy groups -OCH3 is 1. The van der Waals surface area contributed by atoms with Gasteiger partial charge in [-0.3, -0.25) is 13.9 Å². The number of benzene rings is 2. The molecule has 9 heteroatoms.